The summed E-state index contributed by atoms with van der Waals surface area (Å²) >= 11 is 0. The largest absolute Gasteiger partial charge is 0.497 e. The van der Waals surface area contributed by atoms with E-state index in [-0.39, 0.29) is 0 Å². The molecule has 0 aliphatic rings. The average Bonchev–Trinajstić information content (AvgIpc) is 2.63. The number of ether oxygens (including phenoxy) is 1. The molecule has 0 unspecified atom stereocenters. The quantitative estimate of drug-likeness (QED) is 0.450. The Bertz CT molecular complexity index is 651. The van der Waals surface area contributed by atoms with E-state index in [2.05, 4.69) is 48.5 Å². The number of hydrogen-bond donors (Lipinski definition) is 1. The molecule has 126 valence electrons. The zero-order valence-corrected chi connectivity index (χ0v) is 14.5. The zero-order chi connectivity index (χ0) is 17.0. The van der Waals surface area contributed by atoms with Gasteiger partial charge in [-0.2, -0.15) is 0 Å². The molecule has 0 saturated carbocycles. The SMILES string of the molecule is CCCC#Cc1ccc(CONCCc2ccc(OC)cc2)cc1. The number of unbranched alkanes of at least 4 members (excludes halogenated alkanes) is 1. The molecule has 2 rings (SSSR count). The lowest BCUT2D eigenvalue weighted by atomic mass is 10.1. The molecule has 0 heterocycles. The fourth-order valence-corrected chi connectivity index (χ4v) is 2.17. The molecular formula is C21H25NO2. The molecule has 0 atom stereocenters. The van der Waals surface area contributed by atoms with Gasteiger partial charge in [0, 0.05) is 18.5 Å². The van der Waals surface area contributed by atoms with Crippen molar-refractivity contribution in [3.8, 4) is 17.6 Å². The summed E-state index contributed by atoms with van der Waals surface area (Å²) in [6.07, 6.45) is 2.96. The molecule has 2 aromatic rings. The second-order valence-corrected chi connectivity index (χ2v) is 5.53. The predicted molar refractivity (Wildman–Crippen MR) is 97.7 cm³/mol. The van der Waals surface area contributed by atoms with Gasteiger partial charge in [-0.3, -0.25) is 4.84 Å². The van der Waals surface area contributed by atoms with E-state index in [0.29, 0.717) is 6.61 Å². The summed E-state index contributed by atoms with van der Waals surface area (Å²) in [5.74, 6) is 7.19. The number of methoxy groups -OCH3 is 1. The molecule has 3 nitrogen and oxygen atoms in total. The Morgan fingerprint density at radius 2 is 1.67 bits per heavy atom. The molecule has 0 saturated heterocycles. The van der Waals surface area contributed by atoms with Crippen LogP contribution in [0.1, 0.15) is 36.5 Å². The first-order chi connectivity index (χ1) is 11.8. The van der Waals surface area contributed by atoms with Crippen LogP contribution in [0.5, 0.6) is 5.75 Å². The van der Waals surface area contributed by atoms with Crippen LogP contribution >= 0.6 is 0 Å². The van der Waals surface area contributed by atoms with Crippen molar-refractivity contribution in [1.29, 1.82) is 0 Å². The molecule has 0 fully saturated rings. The molecule has 0 aliphatic heterocycles. The van der Waals surface area contributed by atoms with Gasteiger partial charge in [0.25, 0.3) is 0 Å². The van der Waals surface area contributed by atoms with Crippen LogP contribution in [0.25, 0.3) is 0 Å². The van der Waals surface area contributed by atoms with E-state index in [0.717, 1.165) is 42.7 Å². The highest BCUT2D eigenvalue weighted by Crippen LogP contribution is 2.11. The van der Waals surface area contributed by atoms with Crippen LogP contribution in [0.15, 0.2) is 48.5 Å². The second-order valence-electron chi connectivity index (χ2n) is 5.53. The maximum atomic E-state index is 5.51. The normalized spacial score (nSPS) is 10.1. The maximum absolute atomic E-state index is 5.51. The number of nitrogens with one attached hydrogen (secondary N) is 1. The molecule has 0 aliphatic carbocycles. The lowest BCUT2D eigenvalue weighted by Crippen LogP contribution is -2.17. The molecule has 0 amide bonds. The van der Waals surface area contributed by atoms with Crippen molar-refractivity contribution in [2.24, 2.45) is 0 Å². The van der Waals surface area contributed by atoms with Crippen LogP contribution < -0.4 is 10.2 Å². The van der Waals surface area contributed by atoms with Crippen molar-refractivity contribution < 1.29 is 9.57 Å². The van der Waals surface area contributed by atoms with Crippen molar-refractivity contribution in [1.82, 2.24) is 5.48 Å². The Morgan fingerprint density at radius 3 is 2.33 bits per heavy atom. The Balaban J connectivity index is 1.66. The van der Waals surface area contributed by atoms with Gasteiger partial charge in [-0.05, 0) is 48.2 Å². The summed E-state index contributed by atoms with van der Waals surface area (Å²) in [4.78, 5) is 5.51. The first-order valence-corrected chi connectivity index (χ1v) is 8.37. The van der Waals surface area contributed by atoms with Gasteiger partial charge in [-0.1, -0.05) is 43.0 Å². The Kier molecular flexibility index (Phi) is 7.89. The van der Waals surface area contributed by atoms with Gasteiger partial charge in [0.2, 0.25) is 0 Å². The van der Waals surface area contributed by atoms with E-state index in [1.807, 2.05) is 24.3 Å². The topological polar surface area (TPSA) is 30.5 Å². The minimum atomic E-state index is 0.547. The third-order valence-electron chi connectivity index (χ3n) is 3.58. The van der Waals surface area contributed by atoms with Crippen LogP contribution in [0.4, 0.5) is 0 Å². The van der Waals surface area contributed by atoms with E-state index in [4.69, 9.17) is 9.57 Å². The summed E-state index contributed by atoms with van der Waals surface area (Å²) in [6.45, 7) is 3.45. The van der Waals surface area contributed by atoms with Gasteiger partial charge < -0.3 is 4.74 Å². The van der Waals surface area contributed by atoms with Gasteiger partial charge in [-0.15, -0.1) is 0 Å². The first-order valence-electron chi connectivity index (χ1n) is 8.37. The van der Waals surface area contributed by atoms with Crippen LogP contribution in [0.2, 0.25) is 0 Å². The van der Waals surface area contributed by atoms with E-state index in [1.165, 1.54) is 5.56 Å². The molecule has 0 aromatic heterocycles. The number of benzene rings is 2. The van der Waals surface area contributed by atoms with E-state index >= 15 is 0 Å². The summed E-state index contributed by atoms with van der Waals surface area (Å²) in [5.41, 5.74) is 6.45. The average molecular weight is 323 g/mol. The standard InChI is InChI=1S/C21H25NO2/c1-3-4-5-6-18-7-9-20(10-8-18)17-24-22-16-15-19-11-13-21(23-2)14-12-19/h7-14,22H,3-4,15-17H2,1-2H3. The van der Waals surface area contributed by atoms with Crippen molar-refractivity contribution in [2.75, 3.05) is 13.7 Å². The van der Waals surface area contributed by atoms with Gasteiger partial charge >= 0.3 is 0 Å². The van der Waals surface area contributed by atoms with E-state index in [9.17, 15) is 0 Å². The van der Waals surface area contributed by atoms with Crippen LogP contribution in [0, 0.1) is 11.8 Å². The predicted octanol–water partition coefficient (Wildman–Crippen LogP) is 4.11. The van der Waals surface area contributed by atoms with Gasteiger partial charge in [0.05, 0.1) is 13.7 Å². The van der Waals surface area contributed by atoms with Crippen LogP contribution in [-0.4, -0.2) is 13.7 Å². The lowest BCUT2D eigenvalue weighted by molar-refractivity contribution is 0.0288. The van der Waals surface area contributed by atoms with Gasteiger partial charge in [0.1, 0.15) is 5.75 Å². The highest BCUT2D eigenvalue weighted by molar-refractivity contribution is 5.36. The molecule has 0 radical (unpaired) electrons. The Labute approximate surface area is 145 Å². The molecular weight excluding hydrogens is 298 g/mol. The van der Waals surface area contributed by atoms with Crippen molar-refractivity contribution in [2.45, 2.75) is 32.8 Å². The smallest absolute Gasteiger partial charge is 0.118 e. The number of hydrogen-bond acceptors (Lipinski definition) is 3. The zero-order valence-electron chi connectivity index (χ0n) is 14.5. The van der Waals surface area contributed by atoms with Crippen molar-refractivity contribution in [3.05, 3.63) is 65.2 Å². The third-order valence-corrected chi connectivity index (χ3v) is 3.58. The summed E-state index contributed by atoms with van der Waals surface area (Å²) in [7, 11) is 1.68. The van der Waals surface area contributed by atoms with E-state index < -0.39 is 0 Å². The van der Waals surface area contributed by atoms with Crippen molar-refractivity contribution in [3.63, 3.8) is 0 Å². The molecule has 0 spiro atoms. The van der Waals surface area contributed by atoms with Gasteiger partial charge in [0.15, 0.2) is 0 Å². The summed E-state index contributed by atoms with van der Waals surface area (Å²) < 4.78 is 5.15. The van der Waals surface area contributed by atoms with Crippen LogP contribution in [0.3, 0.4) is 0 Å². The highest BCUT2D eigenvalue weighted by atomic mass is 16.6. The van der Waals surface area contributed by atoms with Crippen LogP contribution in [-0.2, 0) is 17.9 Å². The molecule has 1 N–H and O–H groups in total. The minimum absolute atomic E-state index is 0.547. The fourth-order valence-electron chi connectivity index (χ4n) is 2.17. The Morgan fingerprint density at radius 1 is 0.958 bits per heavy atom. The van der Waals surface area contributed by atoms with Gasteiger partial charge in [-0.25, -0.2) is 5.48 Å². The summed E-state index contributed by atoms with van der Waals surface area (Å²) in [5, 5.41) is 0. The highest BCUT2D eigenvalue weighted by Gasteiger charge is 1.96. The third kappa shape index (κ3) is 6.45. The summed E-state index contributed by atoms with van der Waals surface area (Å²) in [6, 6.07) is 16.3. The Hall–Kier alpha value is -2.28. The van der Waals surface area contributed by atoms with Crippen molar-refractivity contribution >= 4 is 0 Å². The lowest BCUT2D eigenvalue weighted by Gasteiger charge is -2.07. The molecule has 3 heteroatoms. The minimum Gasteiger partial charge on any atom is -0.497 e. The molecule has 24 heavy (non-hydrogen) atoms. The fraction of sp³-hybridized carbons (Fsp3) is 0.333. The monoisotopic (exact) mass is 323 g/mol. The second kappa shape index (κ2) is 10.5. The number of hydroxylamine groups is 1. The molecule has 0 bridgehead atoms. The molecule has 2 aromatic carbocycles. The van der Waals surface area contributed by atoms with E-state index in [1.54, 1.807) is 7.11 Å². The maximum Gasteiger partial charge on any atom is 0.118 e. The first kappa shape index (κ1) is 18.1. The number of rotatable bonds is 8.